The molecule has 0 saturated heterocycles. The number of nitrogens with zero attached hydrogens (tertiary/aromatic N) is 1. The van der Waals surface area contributed by atoms with Gasteiger partial charge in [0.1, 0.15) is 0 Å². The molecule has 3 aromatic rings. The number of hydrogen-bond donors (Lipinski definition) is 0. The van der Waals surface area contributed by atoms with Crippen molar-refractivity contribution in [2.24, 2.45) is 0 Å². The SMILES string of the molecule is CC1=C(C)C(C)=C(c2ccc3ccccc3c2C[N-]c2ccccc2)C1.[Cl-].[Cl-].[Ti+3]. The van der Waals surface area contributed by atoms with E-state index in [2.05, 4.69) is 69.3 Å². The van der Waals surface area contributed by atoms with Crippen molar-refractivity contribution in [1.82, 2.24) is 0 Å². The van der Waals surface area contributed by atoms with Crippen LogP contribution < -0.4 is 24.8 Å². The van der Waals surface area contributed by atoms with Crippen LogP contribution in [0.5, 0.6) is 0 Å². The zero-order valence-electron chi connectivity index (χ0n) is 17.0. The third-order valence-electron chi connectivity index (χ3n) is 5.64. The third kappa shape index (κ3) is 5.16. The van der Waals surface area contributed by atoms with E-state index < -0.39 is 0 Å². The molecule has 0 aliphatic heterocycles. The maximum atomic E-state index is 4.89. The predicted molar refractivity (Wildman–Crippen MR) is 113 cm³/mol. The van der Waals surface area contributed by atoms with Gasteiger partial charge in [0.05, 0.1) is 0 Å². The Balaban J connectivity index is 0.00000140. The average Bonchev–Trinajstić information content (AvgIpc) is 2.94. The molecule has 0 aromatic heterocycles. The molecular weight excluding hydrogens is 433 g/mol. The van der Waals surface area contributed by atoms with Crippen molar-refractivity contribution in [2.45, 2.75) is 33.7 Å². The Hall–Kier alpha value is -1.51. The van der Waals surface area contributed by atoms with Crippen molar-refractivity contribution in [3.8, 4) is 0 Å². The number of fused-ring (bicyclic) bond motifs is 1. The molecule has 1 aliphatic rings. The molecule has 29 heavy (non-hydrogen) atoms. The zero-order chi connectivity index (χ0) is 18.1. The first-order valence-electron chi connectivity index (χ1n) is 9.25. The molecule has 0 atom stereocenters. The van der Waals surface area contributed by atoms with Crippen molar-refractivity contribution < 1.29 is 46.5 Å². The zero-order valence-corrected chi connectivity index (χ0v) is 20.0. The number of hydrogen-bond acceptors (Lipinski definition) is 0. The van der Waals surface area contributed by atoms with Crippen molar-refractivity contribution in [3.05, 3.63) is 99.9 Å². The maximum Gasteiger partial charge on any atom is 3.00 e. The van der Waals surface area contributed by atoms with Gasteiger partial charge in [-0.15, -0.1) is 12.2 Å². The van der Waals surface area contributed by atoms with Gasteiger partial charge in [-0.2, -0.15) is 0 Å². The normalized spacial score (nSPS) is 12.9. The van der Waals surface area contributed by atoms with Crippen LogP contribution in [0.2, 0.25) is 0 Å². The average molecular weight is 457 g/mol. The molecular formula is C25H24Cl2NTi. The molecule has 0 amide bonds. The Morgan fingerprint density at radius 3 is 2.07 bits per heavy atom. The second-order valence-electron chi connectivity index (χ2n) is 7.15. The Kier molecular flexibility index (Phi) is 9.72. The van der Waals surface area contributed by atoms with Gasteiger partial charge < -0.3 is 30.1 Å². The molecule has 0 heterocycles. The molecule has 3 aromatic carbocycles. The molecule has 0 saturated carbocycles. The smallest absolute Gasteiger partial charge is 1.00 e. The quantitative estimate of drug-likeness (QED) is 0.529. The minimum absolute atomic E-state index is 0. The van der Waals surface area contributed by atoms with Crippen molar-refractivity contribution in [2.75, 3.05) is 0 Å². The van der Waals surface area contributed by atoms with Crippen molar-refractivity contribution in [1.29, 1.82) is 0 Å². The molecule has 0 fully saturated rings. The Labute approximate surface area is 201 Å². The summed E-state index contributed by atoms with van der Waals surface area (Å²) in [7, 11) is 0. The first kappa shape index (κ1) is 25.5. The summed E-state index contributed by atoms with van der Waals surface area (Å²) in [5.74, 6) is 0. The van der Waals surface area contributed by atoms with E-state index in [1.54, 1.807) is 0 Å². The number of halogens is 2. The van der Waals surface area contributed by atoms with Gasteiger partial charge in [-0.3, -0.25) is 0 Å². The van der Waals surface area contributed by atoms with E-state index in [-0.39, 0.29) is 46.5 Å². The third-order valence-corrected chi connectivity index (χ3v) is 5.64. The first-order chi connectivity index (χ1) is 12.6. The fraction of sp³-hybridized carbons (Fsp3) is 0.200. The molecule has 0 bridgehead atoms. The van der Waals surface area contributed by atoms with E-state index in [4.69, 9.17) is 5.32 Å². The standard InChI is InChI=1S/C25H24N.2ClH.Ti/c1-17-15-24(19(3)18(17)2)23-14-13-20-9-7-8-12-22(20)25(23)16-26-21-10-5-4-6-11-21;;;/h4-14H,15-16H2,1-3H3;2*1H;/q-1;;;+3/p-2. The van der Waals surface area contributed by atoms with Crippen LogP contribution in [0.15, 0.2) is 83.4 Å². The predicted octanol–water partition coefficient (Wildman–Crippen LogP) is 1.56. The fourth-order valence-corrected chi connectivity index (χ4v) is 3.87. The molecule has 1 aliphatic carbocycles. The van der Waals surface area contributed by atoms with Gasteiger partial charge >= 0.3 is 21.7 Å². The van der Waals surface area contributed by atoms with Crippen molar-refractivity contribution >= 4 is 22.0 Å². The van der Waals surface area contributed by atoms with Crippen LogP contribution in [0.3, 0.4) is 0 Å². The molecule has 0 spiro atoms. The van der Waals surface area contributed by atoms with Gasteiger partial charge in [0, 0.05) is 0 Å². The minimum Gasteiger partial charge on any atom is -1.00 e. The number of allylic oxidation sites excluding steroid dienone is 4. The number of para-hydroxylation sites is 1. The van der Waals surface area contributed by atoms with Crippen LogP contribution >= 0.6 is 0 Å². The summed E-state index contributed by atoms with van der Waals surface area (Å²) >= 11 is 0. The summed E-state index contributed by atoms with van der Waals surface area (Å²) in [6.45, 7) is 7.46. The van der Waals surface area contributed by atoms with E-state index in [0.717, 1.165) is 12.1 Å². The van der Waals surface area contributed by atoms with E-state index in [0.29, 0.717) is 6.54 Å². The van der Waals surface area contributed by atoms with Crippen LogP contribution in [0, 0.1) is 0 Å². The second kappa shape index (κ2) is 11.0. The summed E-state index contributed by atoms with van der Waals surface area (Å²) < 4.78 is 0. The van der Waals surface area contributed by atoms with E-state index in [1.807, 2.05) is 18.2 Å². The fourth-order valence-electron chi connectivity index (χ4n) is 3.87. The van der Waals surface area contributed by atoms with Crippen LogP contribution in [-0.4, -0.2) is 0 Å². The minimum atomic E-state index is 0. The summed E-state index contributed by atoms with van der Waals surface area (Å²) in [4.78, 5) is 0. The Morgan fingerprint density at radius 2 is 1.41 bits per heavy atom. The molecule has 4 heteroatoms. The largest absolute Gasteiger partial charge is 3.00 e. The summed E-state index contributed by atoms with van der Waals surface area (Å²) in [5, 5.41) is 7.48. The van der Waals surface area contributed by atoms with Gasteiger partial charge in [-0.1, -0.05) is 77.9 Å². The molecule has 4 rings (SSSR count). The Morgan fingerprint density at radius 1 is 0.759 bits per heavy atom. The van der Waals surface area contributed by atoms with Crippen LogP contribution in [0.1, 0.15) is 38.3 Å². The molecule has 0 N–H and O–H groups in total. The summed E-state index contributed by atoms with van der Waals surface area (Å²) in [6, 6.07) is 23.5. The molecule has 1 nitrogen and oxygen atoms in total. The summed E-state index contributed by atoms with van der Waals surface area (Å²) in [6.07, 6.45) is 1.05. The van der Waals surface area contributed by atoms with Crippen LogP contribution in [0.4, 0.5) is 5.69 Å². The topological polar surface area (TPSA) is 14.1 Å². The van der Waals surface area contributed by atoms with Gasteiger partial charge in [0.15, 0.2) is 0 Å². The summed E-state index contributed by atoms with van der Waals surface area (Å²) in [5.41, 5.74) is 9.55. The monoisotopic (exact) mass is 456 g/mol. The van der Waals surface area contributed by atoms with Crippen LogP contribution in [-0.2, 0) is 28.3 Å². The maximum absolute atomic E-state index is 4.89. The van der Waals surface area contributed by atoms with Crippen LogP contribution in [0.25, 0.3) is 21.7 Å². The second-order valence-corrected chi connectivity index (χ2v) is 7.15. The molecule has 1 radical (unpaired) electrons. The first-order valence-corrected chi connectivity index (χ1v) is 9.25. The van der Waals surface area contributed by atoms with Crippen molar-refractivity contribution in [3.63, 3.8) is 0 Å². The number of rotatable bonds is 4. The van der Waals surface area contributed by atoms with E-state index >= 15 is 0 Å². The van der Waals surface area contributed by atoms with E-state index in [1.165, 1.54) is 44.2 Å². The van der Waals surface area contributed by atoms with Gasteiger partial charge in [0.2, 0.25) is 0 Å². The molecule has 147 valence electrons. The Bertz CT molecular complexity index is 1040. The van der Waals surface area contributed by atoms with Gasteiger partial charge in [-0.05, 0) is 60.2 Å². The molecule has 0 unspecified atom stereocenters. The van der Waals surface area contributed by atoms with Gasteiger partial charge in [-0.25, -0.2) is 0 Å². The number of benzene rings is 3. The van der Waals surface area contributed by atoms with Gasteiger partial charge in [0.25, 0.3) is 0 Å². The van der Waals surface area contributed by atoms with E-state index in [9.17, 15) is 0 Å².